The number of ether oxygens (including phenoxy) is 1. The highest BCUT2D eigenvalue weighted by Gasteiger charge is 2.19. The van der Waals surface area contributed by atoms with Gasteiger partial charge in [0, 0.05) is 5.56 Å². The Morgan fingerprint density at radius 2 is 1.88 bits per heavy atom. The van der Waals surface area contributed by atoms with Gasteiger partial charge >= 0.3 is 5.97 Å². The second kappa shape index (κ2) is 6.98. The first-order valence-electron chi connectivity index (χ1n) is 6.75. The van der Waals surface area contributed by atoms with Crippen LogP contribution >= 0.6 is 23.2 Å². The molecule has 3 rings (SSSR count). The zero-order valence-corrected chi connectivity index (χ0v) is 13.5. The molecule has 0 amide bonds. The Morgan fingerprint density at radius 3 is 2.62 bits per heavy atom. The molecule has 0 bridgehead atoms. The van der Waals surface area contributed by atoms with Crippen LogP contribution < -0.4 is 0 Å². The zero-order valence-electron chi connectivity index (χ0n) is 12.0. The van der Waals surface area contributed by atoms with E-state index in [4.69, 9.17) is 32.5 Å². The van der Waals surface area contributed by atoms with E-state index in [0.29, 0.717) is 10.6 Å². The molecule has 3 aromatic rings. The third kappa shape index (κ3) is 3.39. The number of esters is 1. The van der Waals surface area contributed by atoms with E-state index in [-0.39, 0.29) is 28.9 Å². The number of nitrogens with zero attached hydrogens (tertiary/aromatic N) is 2. The van der Waals surface area contributed by atoms with Crippen molar-refractivity contribution in [3.8, 4) is 11.4 Å². The largest absolute Gasteiger partial charge is 0.452 e. The highest BCUT2D eigenvalue weighted by atomic mass is 35.5. The lowest BCUT2D eigenvalue weighted by Gasteiger charge is -2.04. The van der Waals surface area contributed by atoms with Gasteiger partial charge in [0.25, 0.3) is 5.89 Å². The summed E-state index contributed by atoms with van der Waals surface area (Å²) in [6.45, 7) is -0.319. The number of hydrogen-bond donors (Lipinski definition) is 0. The van der Waals surface area contributed by atoms with Crippen LogP contribution in [0.2, 0.25) is 10.0 Å². The van der Waals surface area contributed by atoms with E-state index in [2.05, 4.69) is 10.1 Å². The molecule has 0 saturated carbocycles. The Labute approximate surface area is 146 Å². The van der Waals surface area contributed by atoms with Crippen molar-refractivity contribution in [3.63, 3.8) is 0 Å². The van der Waals surface area contributed by atoms with Gasteiger partial charge in [0.2, 0.25) is 5.82 Å². The second-order valence-corrected chi connectivity index (χ2v) is 5.48. The lowest BCUT2D eigenvalue weighted by Crippen LogP contribution is -2.08. The first-order valence-corrected chi connectivity index (χ1v) is 7.50. The summed E-state index contributed by atoms with van der Waals surface area (Å²) in [7, 11) is 0. The van der Waals surface area contributed by atoms with Crippen LogP contribution in [0.25, 0.3) is 11.4 Å². The Bertz CT molecular complexity index is 878. The van der Waals surface area contributed by atoms with Gasteiger partial charge in [-0.05, 0) is 24.3 Å². The number of carbonyl (C=O) groups is 1. The molecule has 0 atom stereocenters. The van der Waals surface area contributed by atoms with Gasteiger partial charge in [0.1, 0.15) is 11.4 Å². The van der Waals surface area contributed by atoms with Gasteiger partial charge in [-0.15, -0.1) is 0 Å². The van der Waals surface area contributed by atoms with E-state index in [1.54, 1.807) is 24.3 Å². The van der Waals surface area contributed by atoms with Crippen LogP contribution in [0.4, 0.5) is 4.39 Å². The zero-order chi connectivity index (χ0) is 17.1. The normalized spacial score (nSPS) is 10.6. The predicted octanol–water partition coefficient (Wildman–Crippen LogP) is 4.54. The number of aromatic nitrogens is 2. The number of benzene rings is 2. The molecular formula is C16H9Cl2FN2O3. The number of rotatable bonds is 4. The molecule has 0 fully saturated rings. The molecule has 2 aromatic carbocycles. The predicted molar refractivity (Wildman–Crippen MR) is 85.3 cm³/mol. The van der Waals surface area contributed by atoms with Crippen molar-refractivity contribution in [2.45, 2.75) is 6.61 Å². The molecule has 0 aliphatic heterocycles. The van der Waals surface area contributed by atoms with Crippen molar-refractivity contribution in [1.29, 1.82) is 0 Å². The van der Waals surface area contributed by atoms with Crippen LogP contribution in [0.3, 0.4) is 0 Å². The SMILES string of the molecule is O=C(OCc1nc(-c2ccccc2Cl)no1)c1c(F)cccc1Cl. The maximum absolute atomic E-state index is 13.6. The van der Waals surface area contributed by atoms with Crippen molar-refractivity contribution in [2.24, 2.45) is 0 Å². The molecule has 0 saturated heterocycles. The Balaban J connectivity index is 1.72. The molecule has 0 aliphatic rings. The Kier molecular flexibility index (Phi) is 4.78. The molecule has 0 spiro atoms. The molecule has 0 N–H and O–H groups in total. The fraction of sp³-hybridized carbons (Fsp3) is 0.0625. The Hall–Kier alpha value is -2.44. The molecular weight excluding hydrogens is 358 g/mol. The lowest BCUT2D eigenvalue weighted by molar-refractivity contribution is 0.0424. The summed E-state index contributed by atoms with van der Waals surface area (Å²) in [6, 6.07) is 10.9. The molecule has 1 aromatic heterocycles. The van der Waals surface area contributed by atoms with Gasteiger partial charge < -0.3 is 9.26 Å². The first-order chi connectivity index (χ1) is 11.6. The van der Waals surface area contributed by atoms with E-state index in [0.717, 1.165) is 6.07 Å². The van der Waals surface area contributed by atoms with Crippen LogP contribution in [-0.4, -0.2) is 16.1 Å². The van der Waals surface area contributed by atoms with E-state index >= 15 is 0 Å². The average molecular weight is 367 g/mol. The minimum Gasteiger partial charge on any atom is -0.452 e. The standard InChI is InChI=1S/C16H9Cl2FN2O3/c17-10-5-2-1-4-9(10)15-20-13(24-21-15)8-23-16(22)14-11(18)6-3-7-12(14)19/h1-7H,8H2. The van der Waals surface area contributed by atoms with E-state index in [1.807, 2.05) is 0 Å². The second-order valence-electron chi connectivity index (χ2n) is 4.66. The topological polar surface area (TPSA) is 65.2 Å². The average Bonchev–Trinajstić information content (AvgIpc) is 3.02. The summed E-state index contributed by atoms with van der Waals surface area (Å²) < 4.78 is 23.6. The van der Waals surface area contributed by atoms with Gasteiger partial charge in [-0.25, -0.2) is 9.18 Å². The summed E-state index contributed by atoms with van der Waals surface area (Å²) in [5, 5.41) is 4.19. The van der Waals surface area contributed by atoms with Crippen molar-refractivity contribution in [2.75, 3.05) is 0 Å². The fourth-order valence-electron chi connectivity index (χ4n) is 1.96. The van der Waals surface area contributed by atoms with E-state index < -0.39 is 11.8 Å². The van der Waals surface area contributed by atoms with Gasteiger partial charge in [0.05, 0.1) is 10.0 Å². The number of hydrogen-bond acceptors (Lipinski definition) is 5. The van der Waals surface area contributed by atoms with Crippen LogP contribution in [0.15, 0.2) is 47.0 Å². The number of halogens is 3. The van der Waals surface area contributed by atoms with E-state index in [9.17, 15) is 9.18 Å². The van der Waals surface area contributed by atoms with Gasteiger partial charge in [-0.2, -0.15) is 4.98 Å². The van der Waals surface area contributed by atoms with Crippen LogP contribution in [0.1, 0.15) is 16.2 Å². The molecule has 0 aliphatic carbocycles. The summed E-state index contributed by atoms with van der Waals surface area (Å²) in [5.41, 5.74) is 0.239. The maximum atomic E-state index is 13.6. The summed E-state index contributed by atoms with van der Waals surface area (Å²) in [4.78, 5) is 16.0. The monoisotopic (exact) mass is 366 g/mol. The van der Waals surface area contributed by atoms with Gasteiger partial charge in [-0.1, -0.05) is 46.6 Å². The van der Waals surface area contributed by atoms with Gasteiger partial charge in [0.15, 0.2) is 6.61 Å². The maximum Gasteiger partial charge on any atom is 0.343 e. The molecule has 5 nitrogen and oxygen atoms in total. The summed E-state index contributed by atoms with van der Waals surface area (Å²) in [5.74, 6) is -1.38. The van der Waals surface area contributed by atoms with Crippen molar-refractivity contribution < 1.29 is 18.4 Å². The van der Waals surface area contributed by atoms with Crippen molar-refractivity contribution >= 4 is 29.2 Å². The minimum atomic E-state index is -0.921. The quantitative estimate of drug-likeness (QED) is 0.634. The highest BCUT2D eigenvalue weighted by molar-refractivity contribution is 6.33. The molecule has 0 radical (unpaired) electrons. The minimum absolute atomic E-state index is 0.0396. The van der Waals surface area contributed by atoms with Gasteiger partial charge in [-0.3, -0.25) is 0 Å². The number of carbonyl (C=O) groups excluding carboxylic acids is 1. The third-order valence-corrected chi connectivity index (χ3v) is 3.72. The first kappa shape index (κ1) is 16.4. The molecule has 0 unspecified atom stereocenters. The van der Waals surface area contributed by atoms with Crippen LogP contribution in [-0.2, 0) is 11.3 Å². The third-order valence-electron chi connectivity index (χ3n) is 3.08. The summed E-state index contributed by atoms with van der Waals surface area (Å²) in [6.07, 6.45) is 0. The van der Waals surface area contributed by atoms with Crippen LogP contribution in [0.5, 0.6) is 0 Å². The van der Waals surface area contributed by atoms with Crippen LogP contribution in [0, 0.1) is 5.82 Å². The molecule has 24 heavy (non-hydrogen) atoms. The molecule has 1 heterocycles. The van der Waals surface area contributed by atoms with Crippen molar-refractivity contribution in [1.82, 2.24) is 10.1 Å². The van der Waals surface area contributed by atoms with E-state index in [1.165, 1.54) is 12.1 Å². The summed E-state index contributed by atoms with van der Waals surface area (Å²) >= 11 is 11.8. The smallest absolute Gasteiger partial charge is 0.343 e. The Morgan fingerprint density at radius 1 is 1.12 bits per heavy atom. The fourth-order valence-corrected chi connectivity index (χ4v) is 2.42. The molecule has 122 valence electrons. The van der Waals surface area contributed by atoms with Crippen molar-refractivity contribution in [3.05, 3.63) is 69.8 Å². The molecule has 8 heteroatoms. The highest BCUT2D eigenvalue weighted by Crippen LogP contribution is 2.25. The lowest BCUT2D eigenvalue weighted by atomic mass is 10.2.